The molecule has 0 saturated carbocycles. The zero-order chi connectivity index (χ0) is 15.2. The Morgan fingerprint density at radius 2 is 2.05 bits per heavy atom. The molecule has 0 heterocycles. The average Bonchev–Trinajstić information content (AvgIpc) is 2.37. The van der Waals surface area contributed by atoms with E-state index in [9.17, 15) is 0 Å². The van der Waals surface area contributed by atoms with Crippen LogP contribution in [0.5, 0.6) is 5.75 Å². The molecule has 114 valence electrons. The summed E-state index contributed by atoms with van der Waals surface area (Å²) in [6.07, 6.45) is 2.10. The summed E-state index contributed by atoms with van der Waals surface area (Å²) in [5.74, 6) is 0.753. The zero-order valence-corrected chi connectivity index (χ0v) is 13.1. The van der Waals surface area contributed by atoms with Gasteiger partial charge in [-0.2, -0.15) is 0 Å². The Hall–Kier alpha value is -1.26. The number of nitrogens with one attached hydrogen (secondary N) is 1. The molecule has 0 aliphatic carbocycles. The van der Waals surface area contributed by atoms with Crippen LogP contribution in [0.15, 0.2) is 18.2 Å². The summed E-state index contributed by atoms with van der Waals surface area (Å²) >= 11 is 0. The Kier molecular flexibility index (Phi) is 6.30. The molecule has 0 atom stereocenters. The van der Waals surface area contributed by atoms with Crippen molar-refractivity contribution in [1.82, 2.24) is 5.32 Å². The fourth-order valence-electron chi connectivity index (χ4n) is 1.89. The highest BCUT2D eigenvalue weighted by atomic mass is 16.5. The summed E-state index contributed by atoms with van der Waals surface area (Å²) in [5, 5.41) is 12.5. The first-order valence-corrected chi connectivity index (χ1v) is 7.25. The van der Waals surface area contributed by atoms with Gasteiger partial charge in [0.1, 0.15) is 5.75 Å². The van der Waals surface area contributed by atoms with E-state index in [0.29, 0.717) is 5.69 Å². The fraction of sp³-hybridized carbons (Fsp3) is 0.625. The standard InChI is InChI=1S/C16H28N2O2/c1-12(2)20-15-8-7-13(10-14(15)17)6-5-9-18-16(3,4)11-19/h7-8,10,12,18-19H,5-6,9,11,17H2,1-4H3. The first-order valence-electron chi connectivity index (χ1n) is 7.25. The molecule has 0 spiro atoms. The molecular formula is C16H28N2O2. The number of nitrogen functional groups attached to an aromatic ring is 1. The molecule has 0 amide bonds. The second-order valence-corrected chi connectivity index (χ2v) is 6.11. The summed E-state index contributed by atoms with van der Waals surface area (Å²) in [6, 6.07) is 5.98. The fourth-order valence-corrected chi connectivity index (χ4v) is 1.89. The second-order valence-electron chi connectivity index (χ2n) is 6.11. The summed E-state index contributed by atoms with van der Waals surface area (Å²) in [6.45, 7) is 8.97. The van der Waals surface area contributed by atoms with Crippen molar-refractivity contribution in [2.24, 2.45) is 0 Å². The van der Waals surface area contributed by atoms with Crippen LogP contribution in [0, 0.1) is 0 Å². The van der Waals surface area contributed by atoms with E-state index in [2.05, 4.69) is 11.4 Å². The van der Waals surface area contributed by atoms with Crippen molar-refractivity contribution in [2.45, 2.75) is 52.2 Å². The van der Waals surface area contributed by atoms with Crippen LogP contribution in [0.2, 0.25) is 0 Å². The van der Waals surface area contributed by atoms with Gasteiger partial charge in [0.25, 0.3) is 0 Å². The van der Waals surface area contributed by atoms with Gasteiger partial charge >= 0.3 is 0 Å². The Morgan fingerprint density at radius 3 is 2.60 bits per heavy atom. The summed E-state index contributed by atoms with van der Waals surface area (Å²) < 4.78 is 5.62. The highest BCUT2D eigenvalue weighted by Crippen LogP contribution is 2.24. The van der Waals surface area contributed by atoms with Gasteiger partial charge in [0.2, 0.25) is 0 Å². The Bertz CT molecular complexity index is 417. The number of hydrogen-bond acceptors (Lipinski definition) is 4. The monoisotopic (exact) mass is 280 g/mol. The molecule has 0 unspecified atom stereocenters. The lowest BCUT2D eigenvalue weighted by molar-refractivity contribution is 0.188. The third kappa shape index (κ3) is 5.80. The van der Waals surface area contributed by atoms with Crippen LogP contribution in [-0.4, -0.2) is 29.9 Å². The average molecular weight is 280 g/mol. The molecule has 4 N–H and O–H groups in total. The maximum Gasteiger partial charge on any atom is 0.142 e. The molecule has 4 heteroatoms. The lowest BCUT2D eigenvalue weighted by Gasteiger charge is -2.23. The Labute approximate surface area is 122 Å². The van der Waals surface area contributed by atoms with Crippen molar-refractivity contribution < 1.29 is 9.84 Å². The van der Waals surface area contributed by atoms with Gasteiger partial charge in [-0.15, -0.1) is 0 Å². The van der Waals surface area contributed by atoms with Crippen LogP contribution in [0.4, 0.5) is 5.69 Å². The molecule has 0 aliphatic heterocycles. The topological polar surface area (TPSA) is 67.5 Å². The lowest BCUT2D eigenvalue weighted by Crippen LogP contribution is -2.43. The van der Waals surface area contributed by atoms with Gasteiger partial charge < -0.3 is 20.9 Å². The first kappa shape index (κ1) is 16.8. The van der Waals surface area contributed by atoms with Crippen molar-refractivity contribution in [3.63, 3.8) is 0 Å². The molecule has 1 aromatic carbocycles. The van der Waals surface area contributed by atoms with E-state index in [1.165, 1.54) is 5.56 Å². The molecule has 0 aliphatic rings. The number of aliphatic hydroxyl groups is 1. The SMILES string of the molecule is CC(C)Oc1ccc(CCCNC(C)(C)CO)cc1N. The van der Waals surface area contributed by atoms with Crippen LogP contribution < -0.4 is 15.8 Å². The molecule has 0 saturated heterocycles. The normalized spacial score (nSPS) is 11.9. The molecular weight excluding hydrogens is 252 g/mol. The van der Waals surface area contributed by atoms with Gasteiger partial charge in [0.15, 0.2) is 0 Å². The van der Waals surface area contributed by atoms with Crippen molar-refractivity contribution in [3.8, 4) is 5.75 Å². The number of benzene rings is 1. The Balaban J connectivity index is 2.44. The van der Waals surface area contributed by atoms with Gasteiger partial charge in [-0.25, -0.2) is 0 Å². The zero-order valence-electron chi connectivity index (χ0n) is 13.1. The highest BCUT2D eigenvalue weighted by Gasteiger charge is 2.14. The molecule has 0 fully saturated rings. The minimum atomic E-state index is -0.214. The van der Waals surface area contributed by atoms with Gasteiger partial charge in [-0.1, -0.05) is 6.07 Å². The van der Waals surface area contributed by atoms with E-state index in [1.807, 2.05) is 39.8 Å². The second kappa shape index (κ2) is 7.50. The van der Waals surface area contributed by atoms with Crippen LogP contribution in [0.3, 0.4) is 0 Å². The Morgan fingerprint density at radius 1 is 1.35 bits per heavy atom. The predicted molar refractivity (Wildman–Crippen MR) is 84.1 cm³/mol. The van der Waals surface area contributed by atoms with E-state index in [0.717, 1.165) is 25.1 Å². The van der Waals surface area contributed by atoms with E-state index < -0.39 is 0 Å². The predicted octanol–water partition coefficient (Wildman–Crippen LogP) is 2.35. The van der Waals surface area contributed by atoms with Crippen molar-refractivity contribution in [3.05, 3.63) is 23.8 Å². The number of aliphatic hydroxyl groups excluding tert-OH is 1. The van der Waals surface area contributed by atoms with Crippen LogP contribution in [-0.2, 0) is 6.42 Å². The minimum absolute atomic E-state index is 0.132. The van der Waals surface area contributed by atoms with E-state index in [4.69, 9.17) is 15.6 Å². The van der Waals surface area contributed by atoms with Gasteiger partial charge in [-0.05, 0) is 64.8 Å². The van der Waals surface area contributed by atoms with E-state index in [1.54, 1.807) is 0 Å². The van der Waals surface area contributed by atoms with Gasteiger partial charge in [0, 0.05) is 5.54 Å². The summed E-state index contributed by atoms with van der Waals surface area (Å²) in [7, 11) is 0. The largest absolute Gasteiger partial charge is 0.489 e. The van der Waals surface area contributed by atoms with Crippen LogP contribution in [0.25, 0.3) is 0 Å². The number of anilines is 1. The highest BCUT2D eigenvalue weighted by molar-refractivity contribution is 5.54. The smallest absolute Gasteiger partial charge is 0.142 e. The minimum Gasteiger partial charge on any atom is -0.489 e. The molecule has 0 bridgehead atoms. The summed E-state index contributed by atoms with van der Waals surface area (Å²) in [5.41, 5.74) is 7.68. The molecule has 20 heavy (non-hydrogen) atoms. The molecule has 0 aromatic heterocycles. The number of hydrogen-bond donors (Lipinski definition) is 3. The molecule has 1 aromatic rings. The maximum absolute atomic E-state index is 9.16. The summed E-state index contributed by atoms with van der Waals surface area (Å²) in [4.78, 5) is 0. The number of rotatable bonds is 8. The van der Waals surface area contributed by atoms with Crippen LogP contribution in [0.1, 0.15) is 39.7 Å². The quantitative estimate of drug-likeness (QED) is 0.505. The molecule has 0 radical (unpaired) electrons. The first-order chi connectivity index (χ1) is 9.34. The lowest BCUT2D eigenvalue weighted by atomic mass is 10.1. The maximum atomic E-state index is 9.16. The molecule has 1 rings (SSSR count). The number of aryl methyl sites for hydroxylation is 1. The van der Waals surface area contributed by atoms with Crippen molar-refractivity contribution in [1.29, 1.82) is 0 Å². The third-order valence-electron chi connectivity index (χ3n) is 3.08. The number of nitrogens with two attached hydrogens (primary N) is 1. The van der Waals surface area contributed by atoms with E-state index in [-0.39, 0.29) is 18.2 Å². The van der Waals surface area contributed by atoms with Gasteiger partial charge in [-0.3, -0.25) is 0 Å². The third-order valence-corrected chi connectivity index (χ3v) is 3.08. The van der Waals surface area contributed by atoms with E-state index >= 15 is 0 Å². The van der Waals surface area contributed by atoms with Crippen molar-refractivity contribution in [2.75, 3.05) is 18.9 Å². The van der Waals surface area contributed by atoms with Gasteiger partial charge in [0.05, 0.1) is 18.4 Å². The van der Waals surface area contributed by atoms with Crippen LogP contribution >= 0.6 is 0 Å². The number of ether oxygens (including phenoxy) is 1. The van der Waals surface area contributed by atoms with Crippen molar-refractivity contribution >= 4 is 5.69 Å². The molecule has 4 nitrogen and oxygen atoms in total.